The molecule has 17 heavy (non-hydrogen) atoms. The highest BCUT2D eigenvalue weighted by molar-refractivity contribution is 7.99. The highest BCUT2D eigenvalue weighted by Crippen LogP contribution is 2.23. The number of hydrogen-bond acceptors (Lipinski definition) is 5. The number of benzene rings is 1. The van der Waals surface area contributed by atoms with Gasteiger partial charge in [0.1, 0.15) is 5.69 Å². The summed E-state index contributed by atoms with van der Waals surface area (Å²) in [5, 5.41) is 10.8. The van der Waals surface area contributed by atoms with Gasteiger partial charge in [0, 0.05) is 37.2 Å². The first-order valence-electron chi connectivity index (χ1n) is 5.50. The SMILES string of the molecule is Nc1ccc(CN2CCSCC2)cc1[N+](=O)[O-]. The lowest BCUT2D eigenvalue weighted by atomic mass is 10.1. The number of nitro benzene ring substituents is 1. The van der Waals surface area contributed by atoms with E-state index in [2.05, 4.69) is 4.90 Å². The summed E-state index contributed by atoms with van der Waals surface area (Å²) in [5.41, 5.74) is 6.76. The van der Waals surface area contributed by atoms with E-state index in [9.17, 15) is 10.1 Å². The molecule has 0 aromatic heterocycles. The highest BCUT2D eigenvalue weighted by atomic mass is 32.2. The van der Waals surface area contributed by atoms with Crippen molar-refractivity contribution in [2.45, 2.75) is 6.54 Å². The summed E-state index contributed by atoms with van der Waals surface area (Å²) < 4.78 is 0. The van der Waals surface area contributed by atoms with E-state index in [1.54, 1.807) is 12.1 Å². The van der Waals surface area contributed by atoms with Gasteiger partial charge in [-0.15, -0.1) is 0 Å². The molecule has 0 spiro atoms. The van der Waals surface area contributed by atoms with Crippen LogP contribution in [0.2, 0.25) is 0 Å². The molecule has 1 aromatic carbocycles. The van der Waals surface area contributed by atoms with Crippen molar-refractivity contribution in [1.29, 1.82) is 0 Å². The zero-order valence-electron chi connectivity index (χ0n) is 9.46. The number of rotatable bonds is 3. The lowest BCUT2D eigenvalue weighted by Gasteiger charge is -2.26. The van der Waals surface area contributed by atoms with Gasteiger partial charge in [0.15, 0.2) is 0 Å². The summed E-state index contributed by atoms with van der Waals surface area (Å²) in [6.45, 7) is 2.85. The van der Waals surface area contributed by atoms with Gasteiger partial charge in [0.25, 0.3) is 5.69 Å². The number of nitrogen functional groups attached to an aromatic ring is 1. The van der Waals surface area contributed by atoms with E-state index in [0.29, 0.717) is 0 Å². The van der Waals surface area contributed by atoms with Gasteiger partial charge in [-0.2, -0.15) is 11.8 Å². The monoisotopic (exact) mass is 253 g/mol. The Kier molecular flexibility index (Phi) is 3.86. The van der Waals surface area contributed by atoms with Crippen molar-refractivity contribution in [2.24, 2.45) is 0 Å². The Morgan fingerprint density at radius 2 is 2.12 bits per heavy atom. The molecule has 0 aliphatic carbocycles. The van der Waals surface area contributed by atoms with Crippen molar-refractivity contribution in [3.63, 3.8) is 0 Å². The molecule has 5 nitrogen and oxygen atoms in total. The van der Waals surface area contributed by atoms with Gasteiger partial charge >= 0.3 is 0 Å². The molecule has 0 radical (unpaired) electrons. The van der Waals surface area contributed by atoms with Crippen molar-refractivity contribution in [1.82, 2.24) is 4.90 Å². The van der Waals surface area contributed by atoms with Crippen LogP contribution in [0.3, 0.4) is 0 Å². The van der Waals surface area contributed by atoms with Gasteiger partial charge in [-0.3, -0.25) is 15.0 Å². The van der Waals surface area contributed by atoms with E-state index in [1.165, 1.54) is 0 Å². The van der Waals surface area contributed by atoms with Crippen LogP contribution in [0.4, 0.5) is 11.4 Å². The first-order chi connectivity index (χ1) is 8.16. The van der Waals surface area contributed by atoms with Crippen molar-refractivity contribution in [3.8, 4) is 0 Å². The number of nitrogens with zero attached hydrogens (tertiary/aromatic N) is 2. The molecular formula is C11H15N3O2S. The van der Waals surface area contributed by atoms with E-state index in [1.807, 2.05) is 17.8 Å². The molecule has 1 fully saturated rings. The Morgan fingerprint density at radius 1 is 1.41 bits per heavy atom. The van der Waals surface area contributed by atoms with Gasteiger partial charge in [-0.05, 0) is 11.6 Å². The molecule has 6 heteroatoms. The normalized spacial score (nSPS) is 16.9. The van der Waals surface area contributed by atoms with Crippen LogP contribution in [0.15, 0.2) is 18.2 Å². The second-order valence-electron chi connectivity index (χ2n) is 4.04. The second kappa shape index (κ2) is 5.37. The Balaban J connectivity index is 2.10. The third-order valence-electron chi connectivity index (χ3n) is 2.80. The lowest BCUT2D eigenvalue weighted by molar-refractivity contribution is -0.384. The summed E-state index contributed by atoms with van der Waals surface area (Å²) >= 11 is 1.95. The van der Waals surface area contributed by atoms with Crippen molar-refractivity contribution in [3.05, 3.63) is 33.9 Å². The third kappa shape index (κ3) is 3.10. The van der Waals surface area contributed by atoms with Crippen molar-refractivity contribution >= 4 is 23.1 Å². The molecule has 2 rings (SSSR count). The first-order valence-corrected chi connectivity index (χ1v) is 6.65. The molecule has 1 aliphatic heterocycles. The molecule has 2 N–H and O–H groups in total. The van der Waals surface area contributed by atoms with Gasteiger partial charge in [-0.1, -0.05) is 6.07 Å². The highest BCUT2D eigenvalue weighted by Gasteiger charge is 2.15. The van der Waals surface area contributed by atoms with Gasteiger partial charge in [0.05, 0.1) is 4.92 Å². The largest absolute Gasteiger partial charge is 0.393 e. The fourth-order valence-electron chi connectivity index (χ4n) is 1.86. The van der Waals surface area contributed by atoms with Crippen molar-refractivity contribution in [2.75, 3.05) is 30.3 Å². The Hall–Kier alpha value is -1.27. The van der Waals surface area contributed by atoms with Crippen LogP contribution in [0, 0.1) is 10.1 Å². The fraction of sp³-hybridized carbons (Fsp3) is 0.455. The van der Waals surface area contributed by atoms with Crippen LogP contribution in [-0.2, 0) is 6.54 Å². The zero-order chi connectivity index (χ0) is 12.3. The quantitative estimate of drug-likeness (QED) is 0.504. The average Bonchev–Trinajstić information content (AvgIpc) is 2.32. The molecule has 0 saturated carbocycles. The summed E-state index contributed by atoms with van der Waals surface area (Å²) in [7, 11) is 0. The zero-order valence-corrected chi connectivity index (χ0v) is 10.3. The van der Waals surface area contributed by atoms with Gasteiger partial charge in [0.2, 0.25) is 0 Å². The number of nitrogens with two attached hydrogens (primary N) is 1. The topological polar surface area (TPSA) is 72.4 Å². The molecule has 1 heterocycles. The standard InChI is InChI=1S/C11H15N3O2S/c12-10-2-1-9(7-11(10)14(15)16)8-13-3-5-17-6-4-13/h1-2,7H,3-6,8,12H2. The maximum absolute atomic E-state index is 10.8. The maximum Gasteiger partial charge on any atom is 0.292 e. The average molecular weight is 253 g/mol. The third-order valence-corrected chi connectivity index (χ3v) is 3.74. The van der Waals surface area contributed by atoms with E-state index in [4.69, 9.17) is 5.73 Å². The summed E-state index contributed by atoms with van der Waals surface area (Å²) in [5.74, 6) is 2.27. The number of nitro groups is 1. The van der Waals surface area contributed by atoms with Crippen LogP contribution in [0.25, 0.3) is 0 Å². The van der Waals surface area contributed by atoms with Crippen LogP contribution < -0.4 is 5.73 Å². The smallest absolute Gasteiger partial charge is 0.292 e. The predicted octanol–water partition coefficient (Wildman–Crippen LogP) is 1.73. The van der Waals surface area contributed by atoms with Gasteiger partial charge < -0.3 is 5.73 Å². The number of anilines is 1. The molecule has 1 saturated heterocycles. The molecule has 0 bridgehead atoms. The predicted molar refractivity (Wildman–Crippen MR) is 70.1 cm³/mol. The molecule has 1 aliphatic rings. The molecule has 0 unspecified atom stereocenters. The van der Waals surface area contributed by atoms with Crippen LogP contribution in [0.1, 0.15) is 5.56 Å². The number of hydrogen-bond donors (Lipinski definition) is 1. The van der Waals surface area contributed by atoms with E-state index in [-0.39, 0.29) is 11.4 Å². The Bertz CT molecular complexity index is 419. The minimum atomic E-state index is -0.426. The Labute approximate surface area is 104 Å². The van der Waals surface area contributed by atoms with E-state index < -0.39 is 4.92 Å². The molecule has 92 valence electrons. The van der Waals surface area contributed by atoms with E-state index in [0.717, 1.165) is 36.7 Å². The van der Waals surface area contributed by atoms with E-state index >= 15 is 0 Å². The summed E-state index contributed by atoms with van der Waals surface area (Å²) in [4.78, 5) is 12.7. The molecule has 1 aromatic rings. The van der Waals surface area contributed by atoms with Crippen molar-refractivity contribution < 1.29 is 4.92 Å². The number of thioether (sulfide) groups is 1. The minimum Gasteiger partial charge on any atom is -0.393 e. The lowest BCUT2D eigenvalue weighted by Crippen LogP contribution is -2.31. The van der Waals surface area contributed by atoms with Crippen LogP contribution in [-0.4, -0.2) is 34.4 Å². The fourth-order valence-corrected chi connectivity index (χ4v) is 2.84. The summed E-state index contributed by atoms with van der Waals surface area (Å²) in [6, 6.07) is 5.06. The van der Waals surface area contributed by atoms with Gasteiger partial charge in [-0.25, -0.2) is 0 Å². The maximum atomic E-state index is 10.8. The second-order valence-corrected chi connectivity index (χ2v) is 5.26. The molecule has 0 amide bonds. The Morgan fingerprint density at radius 3 is 2.76 bits per heavy atom. The minimum absolute atomic E-state index is 0.00823. The molecular weight excluding hydrogens is 238 g/mol. The van der Waals surface area contributed by atoms with Crippen LogP contribution >= 0.6 is 11.8 Å². The summed E-state index contributed by atoms with van der Waals surface area (Å²) in [6.07, 6.45) is 0. The molecule has 0 atom stereocenters. The van der Waals surface area contributed by atoms with Crippen LogP contribution in [0.5, 0.6) is 0 Å². The first kappa shape index (κ1) is 12.2.